The summed E-state index contributed by atoms with van der Waals surface area (Å²) in [4.78, 5) is 14.0. The van der Waals surface area contributed by atoms with Crippen molar-refractivity contribution in [1.82, 2.24) is 4.90 Å². The number of piperidine rings is 1. The second kappa shape index (κ2) is 5.96. The Labute approximate surface area is 120 Å². The molecule has 1 aromatic carbocycles. The van der Waals surface area contributed by atoms with Crippen LogP contribution in [0.2, 0.25) is 0 Å². The minimum Gasteiger partial charge on any atom is -0.494 e. The lowest BCUT2D eigenvalue weighted by Gasteiger charge is -2.32. The van der Waals surface area contributed by atoms with Crippen LogP contribution in [0.3, 0.4) is 0 Å². The zero-order valence-corrected chi connectivity index (χ0v) is 12.2. The molecule has 108 valence electrons. The first-order valence-electron chi connectivity index (χ1n) is 7.73. The quantitative estimate of drug-likeness (QED) is 0.844. The van der Waals surface area contributed by atoms with Gasteiger partial charge in [-0.15, -0.1) is 0 Å². The predicted molar refractivity (Wildman–Crippen MR) is 79.5 cm³/mol. The molecule has 0 radical (unpaired) electrons. The van der Waals surface area contributed by atoms with Crippen molar-refractivity contribution >= 4 is 5.78 Å². The van der Waals surface area contributed by atoms with E-state index in [-0.39, 0.29) is 5.78 Å². The summed E-state index contributed by atoms with van der Waals surface area (Å²) < 4.78 is 5.88. The second-order valence-electron chi connectivity index (χ2n) is 6.01. The van der Waals surface area contributed by atoms with Gasteiger partial charge in [-0.25, -0.2) is 0 Å². The lowest BCUT2D eigenvalue weighted by atomic mass is 10.0. The molecule has 1 fully saturated rings. The van der Waals surface area contributed by atoms with E-state index in [9.17, 15) is 4.79 Å². The molecule has 0 N–H and O–H groups in total. The van der Waals surface area contributed by atoms with Gasteiger partial charge >= 0.3 is 0 Å². The molecular formula is C17H23NO2. The van der Waals surface area contributed by atoms with Gasteiger partial charge < -0.3 is 9.64 Å². The highest BCUT2D eigenvalue weighted by molar-refractivity contribution is 6.00. The fraction of sp³-hybridized carbons (Fsp3) is 0.588. The molecule has 0 bridgehead atoms. The van der Waals surface area contributed by atoms with E-state index in [0.29, 0.717) is 12.5 Å². The summed E-state index contributed by atoms with van der Waals surface area (Å²) in [5, 5.41) is 0. The van der Waals surface area contributed by atoms with E-state index in [1.165, 1.54) is 25.8 Å². The summed E-state index contributed by atoms with van der Waals surface area (Å²) in [6.07, 6.45) is 6.58. The van der Waals surface area contributed by atoms with E-state index in [4.69, 9.17) is 4.74 Å². The number of carbonyl (C=O) groups is 1. The fourth-order valence-corrected chi connectivity index (χ4v) is 3.34. The average molecular weight is 273 g/mol. The third-order valence-electron chi connectivity index (χ3n) is 4.64. The first-order valence-corrected chi connectivity index (χ1v) is 7.73. The van der Waals surface area contributed by atoms with Gasteiger partial charge in [-0.05, 0) is 63.0 Å². The number of aryl methyl sites for hydroxylation is 1. The van der Waals surface area contributed by atoms with Gasteiger partial charge in [-0.3, -0.25) is 4.79 Å². The van der Waals surface area contributed by atoms with Crippen LogP contribution < -0.4 is 4.74 Å². The van der Waals surface area contributed by atoms with Crippen molar-refractivity contribution in [3.63, 3.8) is 0 Å². The van der Waals surface area contributed by atoms with Gasteiger partial charge in [0.15, 0.2) is 5.78 Å². The Morgan fingerprint density at radius 2 is 2.20 bits per heavy atom. The van der Waals surface area contributed by atoms with Gasteiger partial charge in [0.05, 0.1) is 6.61 Å². The zero-order valence-electron chi connectivity index (χ0n) is 12.2. The molecule has 0 amide bonds. The highest BCUT2D eigenvalue weighted by Gasteiger charge is 2.20. The Morgan fingerprint density at radius 3 is 3.05 bits per heavy atom. The number of ketones is 1. The van der Waals surface area contributed by atoms with Crippen molar-refractivity contribution in [2.75, 3.05) is 20.2 Å². The van der Waals surface area contributed by atoms with Crippen LogP contribution in [0.4, 0.5) is 0 Å². The molecule has 3 nitrogen and oxygen atoms in total. The molecule has 0 aromatic heterocycles. The van der Waals surface area contributed by atoms with E-state index < -0.39 is 0 Å². The highest BCUT2D eigenvalue weighted by Crippen LogP contribution is 2.26. The van der Waals surface area contributed by atoms with Gasteiger partial charge in [0.2, 0.25) is 0 Å². The number of fused-ring (bicyclic) bond motifs is 1. The minimum absolute atomic E-state index is 0.274. The second-order valence-corrected chi connectivity index (χ2v) is 6.01. The Kier molecular flexibility index (Phi) is 4.06. The topological polar surface area (TPSA) is 29.5 Å². The van der Waals surface area contributed by atoms with Crippen molar-refractivity contribution in [2.45, 2.75) is 44.6 Å². The van der Waals surface area contributed by atoms with E-state index >= 15 is 0 Å². The molecule has 0 spiro atoms. The van der Waals surface area contributed by atoms with E-state index in [2.05, 4.69) is 11.9 Å². The monoisotopic (exact) mass is 273 g/mol. The Bertz CT molecular complexity index is 498. The maximum Gasteiger partial charge on any atom is 0.163 e. The molecule has 0 saturated carbocycles. The third kappa shape index (κ3) is 2.88. The molecule has 3 heteroatoms. The number of Topliss-reactive ketones (excluding diaryl/α,β-unsaturated/α-hetero) is 1. The maximum absolute atomic E-state index is 11.6. The Balaban J connectivity index is 1.53. The molecule has 1 heterocycles. The fourth-order valence-electron chi connectivity index (χ4n) is 3.34. The van der Waals surface area contributed by atoms with Gasteiger partial charge in [-0.1, -0.05) is 6.42 Å². The van der Waals surface area contributed by atoms with Crippen molar-refractivity contribution in [2.24, 2.45) is 0 Å². The van der Waals surface area contributed by atoms with Gasteiger partial charge in [0.1, 0.15) is 5.75 Å². The largest absolute Gasteiger partial charge is 0.494 e. The van der Waals surface area contributed by atoms with Gasteiger partial charge in [0.25, 0.3) is 0 Å². The van der Waals surface area contributed by atoms with Crippen LogP contribution in [0, 0.1) is 0 Å². The van der Waals surface area contributed by atoms with Crippen molar-refractivity contribution in [3.05, 3.63) is 29.3 Å². The molecule has 1 saturated heterocycles. The Morgan fingerprint density at radius 1 is 1.30 bits per heavy atom. The lowest BCUT2D eigenvalue weighted by molar-refractivity contribution is 0.0994. The number of carbonyl (C=O) groups excluding carboxylic acids is 1. The maximum atomic E-state index is 11.6. The number of benzene rings is 1. The smallest absolute Gasteiger partial charge is 0.163 e. The van der Waals surface area contributed by atoms with Crippen LogP contribution in [-0.2, 0) is 6.42 Å². The Hall–Kier alpha value is -1.35. The molecule has 1 unspecified atom stereocenters. The summed E-state index contributed by atoms with van der Waals surface area (Å²) in [6.45, 7) is 1.98. The number of likely N-dealkylation sites (tertiary alicyclic amines) is 1. The molecule has 1 aromatic rings. The molecule has 1 aliphatic heterocycles. The van der Waals surface area contributed by atoms with Gasteiger partial charge in [-0.2, -0.15) is 0 Å². The number of rotatable bonds is 4. The number of nitrogens with zero attached hydrogens (tertiary/aromatic N) is 1. The van der Waals surface area contributed by atoms with Crippen molar-refractivity contribution in [1.29, 1.82) is 0 Å². The average Bonchev–Trinajstić information content (AvgIpc) is 2.82. The summed E-state index contributed by atoms with van der Waals surface area (Å²) in [7, 11) is 2.21. The molecule has 1 atom stereocenters. The SMILES string of the molecule is CN1CCCCC1CCOc1ccc2c(c1)CCC2=O. The molecule has 1 aliphatic carbocycles. The van der Waals surface area contributed by atoms with Crippen LogP contribution in [0.1, 0.15) is 48.0 Å². The van der Waals surface area contributed by atoms with Crippen molar-refractivity contribution in [3.8, 4) is 5.75 Å². The first-order chi connectivity index (χ1) is 9.74. The van der Waals surface area contributed by atoms with E-state index in [0.717, 1.165) is 36.3 Å². The third-order valence-corrected chi connectivity index (χ3v) is 4.64. The summed E-state index contributed by atoms with van der Waals surface area (Å²) in [6, 6.07) is 6.57. The highest BCUT2D eigenvalue weighted by atomic mass is 16.5. The molecular weight excluding hydrogens is 250 g/mol. The van der Waals surface area contributed by atoms with Crippen LogP contribution >= 0.6 is 0 Å². The lowest BCUT2D eigenvalue weighted by Crippen LogP contribution is -2.37. The standard InChI is InChI=1S/C17H23NO2/c1-18-10-3-2-4-14(18)9-11-20-15-6-7-16-13(12-15)5-8-17(16)19/h6-7,12,14H,2-5,8-11H2,1H3. The van der Waals surface area contributed by atoms with E-state index in [1.807, 2.05) is 18.2 Å². The molecule has 20 heavy (non-hydrogen) atoms. The van der Waals surface area contributed by atoms with Crippen LogP contribution in [0.25, 0.3) is 0 Å². The molecule has 2 aliphatic rings. The van der Waals surface area contributed by atoms with Crippen LogP contribution in [-0.4, -0.2) is 36.9 Å². The minimum atomic E-state index is 0.274. The van der Waals surface area contributed by atoms with Gasteiger partial charge in [0, 0.05) is 18.0 Å². The van der Waals surface area contributed by atoms with E-state index in [1.54, 1.807) is 0 Å². The first kappa shape index (κ1) is 13.6. The van der Waals surface area contributed by atoms with Crippen LogP contribution in [0.15, 0.2) is 18.2 Å². The number of hydrogen-bond acceptors (Lipinski definition) is 3. The summed E-state index contributed by atoms with van der Waals surface area (Å²) >= 11 is 0. The predicted octanol–water partition coefficient (Wildman–Crippen LogP) is 3.07. The van der Waals surface area contributed by atoms with Crippen molar-refractivity contribution < 1.29 is 9.53 Å². The van der Waals surface area contributed by atoms with Crippen LogP contribution in [0.5, 0.6) is 5.75 Å². The normalized spacial score (nSPS) is 22.9. The zero-order chi connectivity index (χ0) is 13.9. The number of hydrogen-bond donors (Lipinski definition) is 0. The summed E-state index contributed by atoms with van der Waals surface area (Å²) in [5.41, 5.74) is 2.05. The molecule has 3 rings (SSSR count). The number of ether oxygens (including phenoxy) is 1. The summed E-state index contributed by atoms with van der Waals surface area (Å²) in [5.74, 6) is 1.19.